The van der Waals surface area contributed by atoms with Gasteiger partial charge in [-0.1, -0.05) is 22.9 Å². The summed E-state index contributed by atoms with van der Waals surface area (Å²) in [5.74, 6) is 0.972. The molecule has 120 valence electrons. The molecule has 4 heteroatoms. The molecular formula is C17H28BrNO2. The fraction of sp³-hybridized carbons (Fsp3) is 0.647. The van der Waals surface area contributed by atoms with E-state index in [4.69, 9.17) is 9.47 Å². The molecule has 0 bridgehead atoms. The first-order chi connectivity index (χ1) is 9.83. The van der Waals surface area contributed by atoms with Crippen LogP contribution in [0.1, 0.15) is 45.2 Å². The van der Waals surface area contributed by atoms with Gasteiger partial charge in [-0.15, -0.1) is 0 Å². The normalized spacial score (nSPS) is 11.7. The number of ether oxygens (including phenoxy) is 2. The first-order valence-electron chi connectivity index (χ1n) is 7.60. The molecule has 0 unspecified atom stereocenters. The van der Waals surface area contributed by atoms with E-state index < -0.39 is 0 Å². The van der Waals surface area contributed by atoms with Crippen molar-refractivity contribution in [3.05, 3.63) is 27.7 Å². The largest absolute Gasteiger partial charge is 0.491 e. The van der Waals surface area contributed by atoms with Crippen molar-refractivity contribution in [1.82, 2.24) is 5.32 Å². The molecule has 0 atom stereocenters. The van der Waals surface area contributed by atoms with Gasteiger partial charge in [-0.25, -0.2) is 0 Å². The lowest BCUT2D eigenvalue weighted by atomic mass is 10.1. The van der Waals surface area contributed by atoms with E-state index in [2.05, 4.69) is 68.0 Å². The number of nitrogens with one attached hydrogen (secondary N) is 1. The van der Waals surface area contributed by atoms with E-state index in [1.807, 2.05) is 0 Å². The third-order valence-electron chi connectivity index (χ3n) is 2.92. The minimum atomic E-state index is -0.121. The molecule has 0 radical (unpaired) electrons. The van der Waals surface area contributed by atoms with Crippen molar-refractivity contribution in [2.24, 2.45) is 0 Å². The maximum Gasteiger partial charge on any atom is 0.126 e. The van der Waals surface area contributed by atoms with Crippen LogP contribution in [0.3, 0.4) is 0 Å². The zero-order valence-electron chi connectivity index (χ0n) is 13.9. The molecule has 0 saturated heterocycles. The molecule has 0 heterocycles. The Bertz CT molecular complexity index is 441. The lowest BCUT2D eigenvalue weighted by molar-refractivity contribution is -0.0164. The number of benzene rings is 1. The summed E-state index contributed by atoms with van der Waals surface area (Å²) in [5.41, 5.74) is 2.21. The summed E-state index contributed by atoms with van der Waals surface area (Å²) in [7, 11) is 0. The molecule has 1 aromatic carbocycles. The van der Waals surface area contributed by atoms with E-state index in [1.165, 1.54) is 5.56 Å². The zero-order valence-corrected chi connectivity index (χ0v) is 15.5. The molecule has 3 nitrogen and oxygen atoms in total. The highest BCUT2D eigenvalue weighted by Crippen LogP contribution is 2.28. The smallest absolute Gasteiger partial charge is 0.126 e. The van der Waals surface area contributed by atoms with Crippen molar-refractivity contribution >= 4 is 15.9 Å². The van der Waals surface area contributed by atoms with Crippen LogP contribution in [0.4, 0.5) is 0 Å². The second-order valence-electron chi connectivity index (χ2n) is 6.20. The quantitative estimate of drug-likeness (QED) is 0.697. The average Bonchev–Trinajstić information content (AvgIpc) is 2.35. The number of halogens is 1. The maximum absolute atomic E-state index is 5.96. The molecule has 0 aliphatic rings. The minimum Gasteiger partial charge on any atom is -0.491 e. The highest BCUT2D eigenvalue weighted by molar-refractivity contribution is 9.10. The minimum absolute atomic E-state index is 0.121. The van der Waals surface area contributed by atoms with E-state index >= 15 is 0 Å². The van der Waals surface area contributed by atoms with E-state index in [-0.39, 0.29) is 5.60 Å². The Morgan fingerprint density at radius 1 is 1.19 bits per heavy atom. The van der Waals surface area contributed by atoms with Crippen LogP contribution < -0.4 is 10.1 Å². The first kappa shape index (κ1) is 18.5. The zero-order chi connectivity index (χ0) is 15.9. The molecule has 21 heavy (non-hydrogen) atoms. The van der Waals surface area contributed by atoms with Crippen molar-refractivity contribution in [3.8, 4) is 5.75 Å². The van der Waals surface area contributed by atoms with Gasteiger partial charge in [0.25, 0.3) is 0 Å². The molecule has 0 fully saturated rings. The van der Waals surface area contributed by atoms with Crippen LogP contribution in [0.5, 0.6) is 5.75 Å². The van der Waals surface area contributed by atoms with Crippen LogP contribution >= 0.6 is 15.9 Å². The summed E-state index contributed by atoms with van der Waals surface area (Å²) in [6.07, 6.45) is 1.13. The molecule has 0 aliphatic carbocycles. The lowest BCUT2D eigenvalue weighted by Crippen LogP contribution is -2.23. The molecule has 1 aromatic rings. The standard InChI is InChI=1S/C17H28BrNO2/c1-6-7-19-12-14-11-15(18)10-13(2)16(14)20-8-9-21-17(3,4)5/h10-11,19H,6-9,12H2,1-5H3. The van der Waals surface area contributed by atoms with Gasteiger partial charge in [0, 0.05) is 16.6 Å². The summed E-state index contributed by atoms with van der Waals surface area (Å²) in [5, 5.41) is 3.43. The van der Waals surface area contributed by atoms with Gasteiger partial charge < -0.3 is 14.8 Å². The van der Waals surface area contributed by atoms with Crippen LogP contribution in [0.2, 0.25) is 0 Å². The highest BCUT2D eigenvalue weighted by Gasteiger charge is 2.12. The Morgan fingerprint density at radius 3 is 2.52 bits per heavy atom. The number of rotatable bonds is 8. The SMILES string of the molecule is CCCNCc1cc(Br)cc(C)c1OCCOC(C)(C)C. The van der Waals surface area contributed by atoms with Gasteiger partial charge in [-0.2, -0.15) is 0 Å². The van der Waals surface area contributed by atoms with Crippen molar-refractivity contribution in [2.75, 3.05) is 19.8 Å². The van der Waals surface area contributed by atoms with Crippen molar-refractivity contribution in [1.29, 1.82) is 0 Å². The predicted octanol–water partition coefficient (Wildman–Crippen LogP) is 4.45. The number of aryl methyl sites for hydroxylation is 1. The predicted molar refractivity (Wildman–Crippen MR) is 92.1 cm³/mol. The van der Waals surface area contributed by atoms with Gasteiger partial charge in [0.15, 0.2) is 0 Å². The van der Waals surface area contributed by atoms with Gasteiger partial charge in [0.1, 0.15) is 12.4 Å². The van der Waals surface area contributed by atoms with Crippen molar-refractivity contribution in [2.45, 2.75) is 53.2 Å². The number of hydrogen-bond donors (Lipinski definition) is 1. The molecule has 1 N–H and O–H groups in total. The van der Waals surface area contributed by atoms with Crippen molar-refractivity contribution in [3.63, 3.8) is 0 Å². The summed E-state index contributed by atoms with van der Waals surface area (Å²) in [6.45, 7) is 13.4. The molecular weight excluding hydrogens is 330 g/mol. The third-order valence-corrected chi connectivity index (χ3v) is 3.38. The summed E-state index contributed by atoms with van der Waals surface area (Å²) >= 11 is 3.56. The fourth-order valence-corrected chi connectivity index (χ4v) is 2.65. The maximum atomic E-state index is 5.96. The van der Waals surface area contributed by atoms with Gasteiger partial charge in [-0.3, -0.25) is 0 Å². The summed E-state index contributed by atoms with van der Waals surface area (Å²) in [4.78, 5) is 0. The van der Waals surface area contributed by atoms with Gasteiger partial charge in [0.05, 0.1) is 12.2 Å². The average molecular weight is 358 g/mol. The first-order valence-corrected chi connectivity index (χ1v) is 8.39. The van der Waals surface area contributed by atoms with Gasteiger partial charge >= 0.3 is 0 Å². The molecule has 0 aromatic heterocycles. The molecule has 0 amide bonds. The molecule has 0 saturated carbocycles. The van der Waals surface area contributed by atoms with Gasteiger partial charge in [-0.05, 0) is 58.4 Å². The molecule has 0 aliphatic heterocycles. The third kappa shape index (κ3) is 7.30. The second kappa shape index (κ2) is 8.76. The van der Waals surface area contributed by atoms with E-state index in [1.54, 1.807) is 0 Å². The Balaban J connectivity index is 2.65. The second-order valence-corrected chi connectivity index (χ2v) is 7.11. The van der Waals surface area contributed by atoms with E-state index in [0.717, 1.165) is 35.3 Å². The van der Waals surface area contributed by atoms with E-state index in [0.29, 0.717) is 13.2 Å². The van der Waals surface area contributed by atoms with Crippen LogP contribution in [0.25, 0.3) is 0 Å². The van der Waals surface area contributed by atoms with Crippen LogP contribution in [-0.4, -0.2) is 25.4 Å². The Labute approximate surface area is 137 Å². The van der Waals surface area contributed by atoms with E-state index in [9.17, 15) is 0 Å². The fourth-order valence-electron chi connectivity index (χ4n) is 2.03. The molecule has 1 rings (SSSR count). The molecule has 0 spiro atoms. The lowest BCUT2D eigenvalue weighted by Gasteiger charge is -2.20. The van der Waals surface area contributed by atoms with Crippen LogP contribution in [0.15, 0.2) is 16.6 Å². The Kier molecular flexibility index (Phi) is 7.71. The summed E-state index contributed by atoms with van der Waals surface area (Å²) in [6, 6.07) is 4.21. The highest BCUT2D eigenvalue weighted by atomic mass is 79.9. The van der Waals surface area contributed by atoms with Crippen LogP contribution in [-0.2, 0) is 11.3 Å². The topological polar surface area (TPSA) is 30.5 Å². The van der Waals surface area contributed by atoms with Crippen LogP contribution in [0, 0.1) is 6.92 Å². The Hall–Kier alpha value is -0.580. The Morgan fingerprint density at radius 2 is 1.90 bits per heavy atom. The monoisotopic (exact) mass is 357 g/mol. The summed E-state index contributed by atoms with van der Waals surface area (Å²) < 4.78 is 12.8. The van der Waals surface area contributed by atoms with Gasteiger partial charge in [0.2, 0.25) is 0 Å². The van der Waals surface area contributed by atoms with Crippen molar-refractivity contribution < 1.29 is 9.47 Å². The number of hydrogen-bond acceptors (Lipinski definition) is 3.